The van der Waals surface area contributed by atoms with Crippen molar-refractivity contribution in [1.29, 1.82) is 0 Å². The molecule has 2 aliphatic carbocycles. The summed E-state index contributed by atoms with van der Waals surface area (Å²) >= 11 is 0. The summed E-state index contributed by atoms with van der Waals surface area (Å²) in [5, 5.41) is 0. The van der Waals surface area contributed by atoms with E-state index in [1.54, 1.807) is 25.7 Å². The standard InChI is InChI=1S/C18H34/c1-2-6-10-14-17(13-9-5-1)18-15-11-7-3-4-8-12-16-18/h17-18H,1-16H2. The van der Waals surface area contributed by atoms with Crippen molar-refractivity contribution >= 4 is 0 Å². The Bertz CT molecular complexity index is 154. The molecule has 0 bridgehead atoms. The molecular weight excluding hydrogens is 216 g/mol. The van der Waals surface area contributed by atoms with Gasteiger partial charge in [-0.25, -0.2) is 0 Å². The Hall–Kier alpha value is 0. The molecule has 0 unspecified atom stereocenters. The summed E-state index contributed by atoms with van der Waals surface area (Å²) in [6.45, 7) is 0. The van der Waals surface area contributed by atoms with Gasteiger partial charge in [-0.1, -0.05) is 103 Å². The summed E-state index contributed by atoms with van der Waals surface area (Å²) in [5.74, 6) is 2.20. The van der Waals surface area contributed by atoms with Gasteiger partial charge in [-0.3, -0.25) is 0 Å². The van der Waals surface area contributed by atoms with Crippen LogP contribution in [0.1, 0.15) is 103 Å². The molecule has 2 saturated carbocycles. The Morgan fingerprint density at radius 2 is 0.500 bits per heavy atom. The van der Waals surface area contributed by atoms with Crippen LogP contribution in [0.4, 0.5) is 0 Å². The van der Waals surface area contributed by atoms with Crippen LogP contribution < -0.4 is 0 Å². The minimum atomic E-state index is 1.10. The Labute approximate surface area is 115 Å². The van der Waals surface area contributed by atoms with Gasteiger partial charge in [-0.15, -0.1) is 0 Å². The third kappa shape index (κ3) is 5.33. The molecule has 0 aromatic heterocycles. The minimum absolute atomic E-state index is 1.10. The Balaban J connectivity index is 1.83. The lowest BCUT2D eigenvalue weighted by Crippen LogP contribution is -2.15. The van der Waals surface area contributed by atoms with Gasteiger partial charge in [0.1, 0.15) is 0 Å². The molecule has 106 valence electrons. The second-order valence-electron chi connectivity index (χ2n) is 6.92. The highest BCUT2D eigenvalue weighted by Gasteiger charge is 2.21. The van der Waals surface area contributed by atoms with E-state index in [1.165, 1.54) is 77.0 Å². The van der Waals surface area contributed by atoms with E-state index in [0.717, 1.165) is 11.8 Å². The zero-order valence-electron chi connectivity index (χ0n) is 12.5. The molecular formula is C18H34. The van der Waals surface area contributed by atoms with Crippen molar-refractivity contribution in [1.82, 2.24) is 0 Å². The van der Waals surface area contributed by atoms with E-state index in [1.807, 2.05) is 0 Å². The average molecular weight is 250 g/mol. The van der Waals surface area contributed by atoms with Crippen LogP contribution in [-0.2, 0) is 0 Å². The SMILES string of the molecule is C1CCCCC(C2CCCCCCCC2)CCC1. The van der Waals surface area contributed by atoms with Crippen molar-refractivity contribution in [3.8, 4) is 0 Å². The third-order valence-electron chi connectivity index (χ3n) is 5.47. The van der Waals surface area contributed by atoms with E-state index >= 15 is 0 Å². The number of rotatable bonds is 1. The minimum Gasteiger partial charge on any atom is -0.0533 e. The van der Waals surface area contributed by atoms with Gasteiger partial charge in [0.25, 0.3) is 0 Å². The molecule has 0 nitrogen and oxygen atoms in total. The van der Waals surface area contributed by atoms with E-state index < -0.39 is 0 Å². The van der Waals surface area contributed by atoms with E-state index in [-0.39, 0.29) is 0 Å². The van der Waals surface area contributed by atoms with Gasteiger partial charge in [-0.05, 0) is 11.8 Å². The average Bonchev–Trinajstić information content (AvgIpc) is 2.61. The maximum atomic E-state index is 1.56. The third-order valence-corrected chi connectivity index (χ3v) is 5.47. The fourth-order valence-electron chi connectivity index (χ4n) is 4.27. The van der Waals surface area contributed by atoms with E-state index in [0.29, 0.717) is 0 Å². The van der Waals surface area contributed by atoms with Gasteiger partial charge < -0.3 is 0 Å². The molecule has 0 aromatic carbocycles. The van der Waals surface area contributed by atoms with Crippen LogP contribution in [0.3, 0.4) is 0 Å². The van der Waals surface area contributed by atoms with Gasteiger partial charge in [0.2, 0.25) is 0 Å². The van der Waals surface area contributed by atoms with Crippen LogP contribution in [-0.4, -0.2) is 0 Å². The van der Waals surface area contributed by atoms with Crippen molar-refractivity contribution in [3.63, 3.8) is 0 Å². The molecule has 0 saturated heterocycles. The highest BCUT2D eigenvalue weighted by atomic mass is 14.3. The zero-order valence-corrected chi connectivity index (χ0v) is 12.5. The first-order valence-electron chi connectivity index (χ1n) is 8.97. The lowest BCUT2D eigenvalue weighted by molar-refractivity contribution is 0.247. The summed E-state index contributed by atoms with van der Waals surface area (Å²) in [7, 11) is 0. The Kier molecular flexibility index (Phi) is 7.20. The highest BCUT2D eigenvalue weighted by molar-refractivity contribution is 4.73. The maximum Gasteiger partial charge on any atom is -0.0386 e. The first-order valence-corrected chi connectivity index (χ1v) is 8.97. The quantitative estimate of drug-likeness (QED) is 0.499. The molecule has 0 heteroatoms. The largest absolute Gasteiger partial charge is 0.0533 e. The summed E-state index contributed by atoms with van der Waals surface area (Å²) in [6.07, 6.45) is 24.5. The molecule has 0 spiro atoms. The molecule has 0 aliphatic heterocycles. The Morgan fingerprint density at radius 3 is 0.778 bits per heavy atom. The summed E-state index contributed by atoms with van der Waals surface area (Å²) < 4.78 is 0. The van der Waals surface area contributed by atoms with Crippen LogP contribution in [0.5, 0.6) is 0 Å². The normalized spacial score (nSPS) is 27.3. The van der Waals surface area contributed by atoms with Crippen molar-refractivity contribution in [3.05, 3.63) is 0 Å². The lowest BCUT2D eigenvalue weighted by atomic mass is 9.79. The fraction of sp³-hybridized carbons (Fsp3) is 1.00. The predicted octanol–water partition coefficient (Wildman–Crippen LogP) is 6.49. The molecule has 0 atom stereocenters. The van der Waals surface area contributed by atoms with Crippen molar-refractivity contribution < 1.29 is 0 Å². The number of hydrogen-bond donors (Lipinski definition) is 0. The van der Waals surface area contributed by atoms with Crippen molar-refractivity contribution in [2.45, 2.75) is 103 Å². The Morgan fingerprint density at radius 1 is 0.278 bits per heavy atom. The van der Waals surface area contributed by atoms with Crippen LogP contribution >= 0.6 is 0 Å². The molecule has 0 radical (unpaired) electrons. The first kappa shape index (κ1) is 14.4. The maximum absolute atomic E-state index is 1.56. The monoisotopic (exact) mass is 250 g/mol. The second-order valence-corrected chi connectivity index (χ2v) is 6.92. The molecule has 18 heavy (non-hydrogen) atoms. The van der Waals surface area contributed by atoms with Gasteiger partial charge in [0.05, 0.1) is 0 Å². The van der Waals surface area contributed by atoms with Crippen LogP contribution in [0.25, 0.3) is 0 Å². The molecule has 2 aliphatic rings. The summed E-state index contributed by atoms with van der Waals surface area (Å²) in [6, 6.07) is 0. The molecule has 0 N–H and O–H groups in total. The predicted molar refractivity (Wildman–Crippen MR) is 80.9 cm³/mol. The number of hydrogen-bond acceptors (Lipinski definition) is 0. The molecule has 2 rings (SSSR count). The second kappa shape index (κ2) is 8.99. The summed E-state index contributed by atoms with van der Waals surface area (Å²) in [5.41, 5.74) is 0. The van der Waals surface area contributed by atoms with Crippen LogP contribution in [0.15, 0.2) is 0 Å². The van der Waals surface area contributed by atoms with Crippen molar-refractivity contribution in [2.24, 2.45) is 11.8 Å². The molecule has 0 amide bonds. The van der Waals surface area contributed by atoms with Crippen molar-refractivity contribution in [2.75, 3.05) is 0 Å². The van der Waals surface area contributed by atoms with Gasteiger partial charge in [0, 0.05) is 0 Å². The highest BCUT2D eigenvalue weighted by Crippen LogP contribution is 2.35. The van der Waals surface area contributed by atoms with Crippen LogP contribution in [0, 0.1) is 11.8 Å². The smallest absolute Gasteiger partial charge is 0.0386 e. The first-order chi connectivity index (χ1) is 8.97. The van der Waals surface area contributed by atoms with Gasteiger partial charge in [0.15, 0.2) is 0 Å². The fourth-order valence-corrected chi connectivity index (χ4v) is 4.27. The lowest BCUT2D eigenvalue weighted by Gasteiger charge is -2.27. The zero-order chi connectivity index (χ0) is 12.5. The molecule has 0 aromatic rings. The molecule has 0 heterocycles. The summed E-state index contributed by atoms with van der Waals surface area (Å²) in [4.78, 5) is 0. The topological polar surface area (TPSA) is 0 Å². The van der Waals surface area contributed by atoms with E-state index in [4.69, 9.17) is 0 Å². The van der Waals surface area contributed by atoms with E-state index in [9.17, 15) is 0 Å². The molecule has 2 fully saturated rings. The van der Waals surface area contributed by atoms with E-state index in [2.05, 4.69) is 0 Å². The van der Waals surface area contributed by atoms with Crippen LogP contribution in [0.2, 0.25) is 0 Å². The van der Waals surface area contributed by atoms with Gasteiger partial charge >= 0.3 is 0 Å². The van der Waals surface area contributed by atoms with Gasteiger partial charge in [-0.2, -0.15) is 0 Å².